The second-order valence-electron chi connectivity index (χ2n) is 7.18. The standard InChI is InChI=1S/C21H17BrINO3/c1-10(25)11-5-14-12-3-2-4-13(12)20(24-21(14)17(23)6-11)15-7-18-19(8-16(15)22)27-9-26-18/h2-3,5-8,12-13,20,24H,4,9H2,1H3. The Bertz CT molecular complexity index is 1000. The summed E-state index contributed by atoms with van der Waals surface area (Å²) in [5, 5.41) is 3.77. The normalized spacial score (nSPS) is 24.3. The van der Waals surface area contributed by atoms with Crippen molar-refractivity contribution < 1.29 is 14.3 Å². The van der Waals surface area contributed by atoms with Crippen molar-refractivity contribution in [3.05, 3.63) is 61.2 Å². The summed E-state index contributed by atoms with van der Waals surface area (Å²) in [6, 6.07) is 8.26. The molecule has 2 aliphatic heterocycles. The van der Waals surface area contributed by atoms with Crippen molar-refractivity contribution in [1.29, 1.82) is 0 Å². The largest absolute Gasteiger partial charge is 0.454 e. The van der Waals surface area contributed by atoms with Crippen LogP contribution in [0.3, 0.4) is 0 Å². The molecule has 2 heterocycles. The number of ketones is 1. The van der Waals surface area contributed by atoms with Crippen LogP contribution in [0.2, 0.25) is 0 Å². The Morgan fingerprint density at radius 2 is 1.96 bits per heavy atom. The van der Waals surface area contributed by atoms with Crippen LogP contribution in [0.1, 0.15) is 46.8 Å². The maximum Gasteiger partial charge on any atom is 0.231 e. The van der Waals surface area contributed by atoms with Gasteiger partial charge in [-0.1, -0.05) is 28.1 Å². The highest BCUT2D eigenvalue weighted by Gasteiger charge is 2.40. The number of carbonyl (C=O) groups is 1. The molecule has 0 saturated heterocycles. The molecule has 0 amide bonds. The van der Waals surface area contributed by atoms with Crippen LogP contribution in [0, 0.1) is 9.49 Å². The summed E-state index contributed by atoms with van der Waals surface area (Å²) in [5.41, 5.74) is 4.30. The van der Waals surface area contributed by atoms with E-state index >= 15 is 0 Å². The van der Waals surface area contributed by atoms with E-state index in [0.717, 1.165) is 37.2 Å². The highest BCUT2D eigenvalue weighted by atomic mass is 127. The van der Waals surface area contributed by atoms with E-state index in [2.05, 4.69) is 68.1 Å². The average molecular weight is 538 g/mol. The number of fused-ring (bicyclic) bond motifs is 4. The third-order valence-electron chi connectivity index (χ3n) is 5.65. The molecule has 0 fully saturated rings. The molecule has 1 aliphatic carbocycles. The van der Waals surface area contributed by atoms with Crippen molar-refractivity contribution in [2.45, 2.75) is 25.3 Å². The molecular weight excluding hydrogens is 521 g/mol. The molecule has 138 valence electrons. The Kier molecular flexibility index (Phi) is 4.23. The van der Waals surface area contributed by atoms with E-state index in [1.54, 1.807) is 6.92 Å². The fourth-order valence-corrected chi connectivity index (χ4v) is 5.71. The minimum atomic E-state index is 0.106. The zero-order valence-electron chi connectivity index (χ0n) is 14.6. The highest BCUT2D eigenvalue weighted by molar-refractivity contribution is 14.1. The highest BCUT2D eigenvalue weighted by Crippen LogP contribution is 2.53. The number of nitrogens with one attached hydrogen (secondary N) is 1. The number of ether oxygens (including phenoxy) is 2. The van der Waals surface area contributed by atoms with Crippen LogP contribution in [0.15, 0.2) is 40.9 Å². The van der Waals surface area contributed by atoms with E-state index in [1.165, 1.54) is 11.1 Å². The molecule has 5 rings (SSSR count). The first kappa shape index (κ1) is 17.6. The van der Waals surface area contributed by atoms with Gasteiger partial charge in [0.2, 0.25) is 6.79 Å². The average Bonchev–Trinajstić information content (AvgIpc) is 3.29. The van der Waals surface area contributed by atoms with Crippen molar-refractivity contribution in [2.24, 2.45) is 5.92 Å². The SMILES string of the molecule is CC(=O)c1cc(I)c2c(c1)C1C=CCC1C(c1cc3c(cc1Br)OCO3)N2. The number of benzene rings is 2. The lowest BCUT2D eigenvalue weighted by Crippen LogP contribution is -2.30. The Morgan fingerprint density at radius 3 is 2.74 bits per heavy atom. The van der Waals surface area contributed by atoms with Crippen molar-refractivity contribution in [1.82, 2.24) is 0 Å². The van der Waals surface area contributed by atoms with Gasteiger partial charge >= 0.3 is 0 Å². The Balaban J connectivity index is 1.63. The lowest BCUT2D eigenvalue weighted by atomic mass is 9.76. The van der Waals surface area contributed by atoms with E-state index in [1.807, 2.05) is 12.1 Å². The predicted octanol–water partition coefficient (Wildman–Crippen LogP) is 5.81. The summed E-state index contributed by atoms with van der Waals surface area (Å²) in [6.07, 6.45) is 5.55. The van der Waals surface area contributed by atoms with Crippen molar-refractivity contribution in [2.75, 3.05) is 12.1 Å². The molecule has 3 atom stereocenters. The lowest BCUT2D eigenvalue weighted by Gasteiger charge is -2.38. The summed E-state index contributed by atoms with van der Waals surface area (Å²) in [6.45, 7) is 1.90. The molecule has 0 saturated carbocycles. The Morgan fingerprint density at radius 1 is 1.19 bits per heavy atom. The number of hydrogen-bond donors (Lipinski definition) is 1. The van der Waals surface area contributed by atoms with E-state index < -0.39 is 0 Å². The summed E-state index contributed by atoms with van der Waals surface area (Å²) in [4.78, 5) is 11.9. The minimum absolute atomic E-state index is 0.106. The third-order valence-corrected chi connectivity index (χ3v) is 7.19. The second-order valence-corrected chi connectivity index (χ2v) is 9.20. The smallest absolute Gasteiger partial charge is 0.231 e. The van der Waals surface area contributed by atoms with Gasteiger partial charge in [-0.15, -0.1) is 0 Å². The first-order chi connectivity index (χ1) is 13.0. The van der Waals surface area contributed by atoms with Gasteiger partial charge in [0.05, 0.1) is 11.7 Å². The van der Waals surface area contributed by atoms with Crippen LogP contribution in [0.25, 0.3) is 0 Å². The van der Waals surface area contributed by atoms with Crippen molar-refractivity contribution in [3.63, 3.8) is 0 Å². The first-order valence-electron chi connectivity index (χ1n) is 8.89. The predicted molar refractivity (Wildman–Crippen MR) is 116 cm³/mol. The Labute approximate surface area is 179 Å². The van der Waals surface area contributed by atoms with Gasteiger partial charge in [0, 0.05) is 19.5 Å². The topological polar surface area (TPSA) is 47.6 Å². The molecule has 3 aliphatic rings. The monoisotopic (exact) mass is 537 g/mol. The fourth-order valence-electron chi connectivity index (χ4n) is 4.34. The van der Waals surface area contributed by atoms with Crippen LogP contribution in [0.5, 0.6) is 11.5 Å². The van der Waals surface area contributed by atoms with Gasteiger partial charge in [0.15, 0.2) is 17.3 Å². The van der Waals surface area contributed by atoms with Gasteiger partial charge in [-0.2, -0.15) is 0 Å². The van der Waals surface area contributed by atoms with Gasteiger partial charge in [0.1, 0.15) is 0 Å². The Hall–Kier alpha value is -1.54. The fraction of sp³-hybridized carbons (Fsp3) is 0.286. The van der Waals surface area contributed by atoms with E-state index in [-0.39, 0.29) is 18.6 Å². The van der Waals surface area contributed by atoms with Crippen LogP contribution < -0.4 is 14.8 Å². The number of halogens is 2. The first-order valence-corrected chi connectivity index (χ1v) is 10.8. The number of allylic oxidation sites excluding steroid dienone is 2. The molecule has 6 heteroatoms. The number of anilines is 1. The van der Waals surface area contributed by atoms with Gasteiger partial charge in [-0.3, -0.25) is 4.79 Å². The van der Waals surface area contributed by atoms with Gasteiger partial charge < -0.3 is 14.8 Å². The third kappa shape index (κ3) is 2.79. The molecule has 2 aromatic carbocycles. The maximum absolute atomic E-state index is 11.9. The van der Waals surface area contributed by atoms with Gasteiger partial charge in [0.25, 0.3) is 0 Å². The molecular formula is C21H17BrINO3. The zero-order valence-corrected chi connectivity index (χ0v) is 18.3. The molecule has 0 radical (unpaired) electrons. The number of carbonyl (C=O) groups excluding carboxylic acids is 1. The van der Waals surface area contributed by atoms with Crippen LogP contribution in [-0.4, -0.2) is 12.6 Å². The van der Waals surface area contributed by atoms with E-state index in [0.29, 0.717) is 11.8 Å². The van der Waals surface area contributed by atoms with Crippen LogP contribution in [0.4, 0.5) is 5.69 Å². The summed E-state index contributed by atoms with van der Waals surface area (Å²) in [7, 11) is 0. The minimum Gasteiger partial charge on any atom is -0.454 e. The van der Waals surface area contributed by atoms with Gasteiger partial charge in [-0.05, 0) is 77.2 Å². The van der Waals surface area contributed by atoms with Crippen molar-refractivity contribution >= 4 is 50.0 Å². The van der Waals surface area contributed by atoms with Gasteiger partial charge in [-0.25, -0.2) is 0 Å². The van der Waals surface area contributed by atoms with E-state index in [9.17, 15) is 4.79 Å². The molecule has 2 aromatic rings. The van der Waals surface area contributed by atoms with Crippen molar-refractivity contribution in [3.8, 4) is 11.5 Å². The zero-order chi connectivity index (χ0) is 18.7. The molecule has 27 heavy (non-hydrogen) atoms. The quantitative estimate of drug-likeness (QED) is 0.298. The maximum atomic E-state index is 11.9. The molecule has 3 unspecified atom stereocenters. The number of rotatable bonds is 2. The number of hydrogen-bond acceptors (Lipinski definition) is 4. The summed E-state index contributed by atoms with van der Waals surface area (Å²) < 4.78 is 13.2. The molecule has 1 N–H and O–H groups in total. The summed E-state index contributed by atoms with van der Waals surface area (Å²) >= 11 is 6.06. The molecule has 0 spiro atoms. The molecule has 0 aromatic heterocycles. The second kappa shape index (κ2) is 6.51. The lowest BCUT2D eigenvalue weighted by molar-refractivity contribution is 0.101. The van der Waals surface area contributed by atoms with Crippen LogP contribution >= 0.6 is 38.5 Å². The van der Waals surface area contributed by atoms with E-state index in [4.69, 9.17) is 9.47 Å². The van der Waals surface area contributed by atoms with Crippen LogP contribution in [-0.2, 0) is 0 Å². The molecule has 0 bridgehead atoms. The number of Topliss-reactive ketones (excluding diaryl/α,β-unsaturated/α-hetero) is 1. The summed E-state index contributed by atoms with van der Waals surface area (Å²) in [5.74, 6) is 2.38. The molecule has 4 nitrogen and oxygen atoms in total.